The van der Waals surface area contributed by atoms with Crippen molar-refractivity contribution in [2.75, 3.05) is 18.0 Å². The first-order valence-electron chi connectivity index (χ1n) is 10.5. The van der Waals surface area contributed by atoms with Crippen molar-refractivity contribution >= 4 is 17.2 Å². The summed E-state index contributed by atoms with van der Waals surface area (Å²) in [6, 6.07) is 10.2. The summed E-state index contributed by atoms with van der Waals surface area (Å²) in [4.78, 5) is 19.2. The summed E-state index contributed by atoms with van der Waals surface area (Å²) in [5.41, 5.74) is 1.28. The summed E-state index contributed by atoms with van der Waals surface area (Å²) in [6.45, 7) is 3.87. The molecule has 32 heavy (non-hydrogen) atoms. The average Bonchev–Trinajstić information content (AvgIpc) is 3.21. The Labute approximate surface area is 183 Å². The highest BCUT2D eigenvalue weighted by molar-refractivity contribution is 5.97. The zero-order valence-corrected chi connectivity index (χ0v) is 17.9. The molecule has 0 amide bonds. The fourth-order valence-corrected chi connectivity index (χ4v) is 4.03. The highest BCUT2D eigenvalue weighted by Crippen LogP contribution is 2.35. The molecule has 1 aliphatic heterocycles. The van der Waals surface area contributed by atoms with Crippen molar-refractivity contribution in [3.05, 3.63) is 59.4 Å². The van der Waals surface area contributed by atoms with Gasteiger partial charge in [-0.25, -0.2) is 4.98 Å². The van der Waals surface area contributed by atoms with E-state index in [0.29, 0.717) is 28.3 Å². The van der Waals surface area contributed by atoms with E-state index in [0.717, 1.165) is 0 Å². The van der Waals surface area contributed by atoms with Crippen LogP contribution in [0, 0.1) is 5.92 Å². The van der Waals surface area contributed by atoms with Crippen molar-refractivity contribution in [3.63, 3.8) is 0 Å². The fraction of sp³-hybridized carbons (Fsp3) is 0.435. The normalized spacial score (nSPS) is 16.0. The van der Waals surface area contributed by atoms with Crippen molar-refractivity contribution in [3.8, 4) is 0 Å². The van der Waals surface area contributed by atoms with Crippen LogP contribution in [0.2, 0.25) is 0 Å². The van der Waals surface area contributed by atoms with Crippen LogP contribution in [0.3, 0.4) is 0 Å². The van der Waals surface area contributed by atoms with Crippen molar-refractivity contribution in [1.29, 1.82) is 0 Å². The molecule has 0 atom stereocenters. The van der Waals surface area contributed by atoms with E-state index >= 15 is 0 Å². The van der Waals surface area contributed by atoms with Gasteiger partial charge in [-0.1, -0.05) is 24.3 Å². The topological polar surface area (TPSA) is 70.7 Å². The smallest absolute Gasteiger partial charge is 0.386 e. The van der Waals surface area contributed by atoms with Gasteiger partial charge in [-0.2, -0.15) is 22.8 Å². The predicted molar refractivity (Wildman–Crippen MR) is 114 cm³/mol. The van der Waals surface area contributed by atoms with Crippen LogP contribution in [0.1, 0.15) is 48.3 Å². The number of carbonyl (C=O) groups is 1. The van der Waals surface area contributed by atoms with E-state index in [1.54, 1.807) is 61.0 Å². The summed E-state index contributed by atoms with van der Waals surface area (Å²) in [6.07, 6.45) is -2.50. The Morgan fingerprint density at radius 3 is 2.38 bits per heavy atom. The molecule has 1 saturated heterocycles. The van der Waals surface area contributed by atoms with Crippen molar-refractivity contribution in [1.82, 2.24) is 14.6 Å². The zero-order valence-electron chi connectivity index (χ0n) is 17.9. The lowest BCUT2D eigenvalue weighted by atomic mass is 9.95. The third kappa shape index (κ3) is 4.62. The van der Waals surface area contributed by atoms with E-state index in [1.165, 1.54) is 0 Å². The Kier molecular flexibility index (Phi) is 5.70. The van der Waals surface area contributed by atoms with Crippen LogP contribution in [-0.2, 0) is 12.0 Å². The number of piperidine rings is 1. The van der Waals surface area contributed by atoms with Gasteiger partial charge in [-0.05, 0) is 32.3 Å². The van der Waals surface area contributed by atoms with E-state index in [9.17, 15) is 23.1 Å². The number of carbonyl (C=O) groups excluding carboxylic acids is 1. The summed E-state index contributed by atoms with van der Waals surface area (Å²) in [5.74, 6) is -0.784. The maximum Gasteiger partial charge on any atom is 0.391 e. The monoisotopic (exact) mass is 446 g/mol. The van der Waals surface area contributed by atoms with E-state index < -0.39 is 17.7 Å². The number of nitrogens with zero attached hydrogens (tertiary/aromatic N) is 4. The highest BCUT2D eigenvalue weighted by atomic mass is 19.4. The number of halogens is 3. The van der Waals surface area contributed by atoms with Gasteiger partial charge in [0.15, 0.2) is 11.4 Å². The van der Waals surface area contributed by atoms with Crippen LogP contribution in [0.4, 0.5) is 19.0 Å². The number of alkyl halides is 3. The van der Waals surface area contributed by atoms with E-state index in [-0.39, 0.29) is 38.1 Å². The summed E-state index contributed by atoms with van der Waals surface area (Å²) in [7, 11) is 0. The molecule has 3 aromatic rings. The Balaban J connectivity index is 1.55. The number of aliphatic hydroxyl groups is 1. The molecule has 0 aliphatic carbocycles. The minimum atomic E-state index is -4.18. The van der Waals surface area contributed by atoms with Crippen molar-refractivity contribution < 1.29 is 23.1 Å². The second-order valence-corrected chi connectivity index (χ2v) is 8.75. The number of fused-ring (bicyclic) bond motifs is 1. The third-order valence-electron chi connectivity index (χ3n) is 5.93. The Morgan fingerprint density at radius 2 is 1.78 bits per heavy atom. The van der Waals surface area contributed by atoms with Gasteiger partial charge in [-0.15, -0.1) is 0 Å². The molecule has 1 aromatic carbocycles. The van der Waals surface area contributed by atoms with Gasteiger partial charge in [-0.3, -0.25) is 4.79 Å². The molecule has 0 bridgehead atoms. The second-order valence-electron chi connectivity index (χ2n) is 8.75. The molecule has 0 spiro atoms. The molecule has 2 aromatic heterocycles. The number of anilines is 1. The molecule has 0 saturated carbocycles. The fourth-order valence-electron chi connectivity index (χ4n) is 4.03. The lowest BCUT2D eigenvalue weighted by Crippen LogP contribution is -2.40. The minimum absolute atomic E-state index is 0.0242. The van der Waals surface area contributed by atoms with Crippen LogP contribution in [0.5, 0.6) is 0 Å². The van der Waals surface area contributed by atoms with Gasteiger partial charge in [0.1, 0.15) is 5.82 Å². The Bertz CT molecular complexity index is 1110. The Hall–Kier alpha value is -2.94. The predicted octanol–water partition coefficient (Wildman–Crippen LogP) is 4.16. The molecule has 1 aliphatic rings. The molecule has 4 rings (SSSR count). The Morgan fingerprint density at radius 1 is 1.12 bits per heavy atom. The first-order valence-corrected chi connectivity index (χ1v) is 10.5. The van der Waals surface area contributed by atoms with Crippen LogP contribution >= 0.6 is 0 Å². The molecule has 9 heteroatoms. The summed E-state index contributed by atoms with van der Waals surface area (Å²) >= 11 is 0. The molecule has 6 nitrogen and oxygen atoms in total. The minimum Gasteiger partial charge on any atom is -0.386 e. The number of Topliss-reactive ketones (excluding diaryl/α,β-unsaturated/α-hetero) is 1. The third-order valence-corrected chi connectivity index (χ3v) is 5.93. The SMILES string of the molecule is CC(C)(O)c1ccc(C(=O)Cc2cc(N3CCC(C(F)(F)F)CC3)n3nccc3n2)cc1. The summed E-state index contributed by atoms with van der Waals surface area (Å²) < 4.78 is 40.7. The molecule has 1 fully saturated rings. The summed E-state index contributed by atoms with van der Waals surface area (Å²) in [5, 5.41) is 14.3. The molecule has 0 unspecified atom stereocenters. The zero-order chi connectivity index (χ0) is 23.1. The van der Waals surface area contributed by atoms with Crippen LogP contribution in [0.25, 0.3) is 5.65 Å². The van der Waals surface area contributed by atoms with Gasteiger partial charge in [0, 0.05) is 30.8 Å². The number of rotatable bonds is 5. The molecule has 170 valence electrons. The number of ketones is 1. The van der Waals surface area contributed by atoms with Gasteiger partial charge < -0.3 is 10.0 Å². The van der Waals surface area contributed by atoms with E-state index in [4.69, 9.17) is 0 Å². The first kappa shape index (κ1) is 22.3. The maximum atomic E-state index is 13.0. The van der Waals surface area contributed by atoms with Crippen molar-refractivity contribution in [2.24, 2.45) is 5.92 Å². The standard InChI is InChI=1S/C23H25F3N4O2/c1-22(2,32)16-5-3-15(4-6-16)19(31)13-18-14-21(30-20(28-18)7-10-27-30)29-11-8-17(9-12-29)23(24,25)26/h3-7,10,14,17,32H,8-9,11-13H2,1-2H3. The lowest BCUT2D eigenvalue weighted by Gasteiger charge is -2.34. The quantitative estimate of drug-likeness (QED) is 0.596. The largest absolute Gasteiger partial charge is 0.391 e. The number of hydrogen-bond donors (Lipinski definition) is 1. The molecule has 3 heterocycles. The number of benzene rings is 1. The van der Waals surface area contributed by atoms with Crippen molar-refractivity contribution in [2.45, 2.75) is 44.9 Å². The van der Waals surface area contributed by atoms with Gasteiger partial charge in [0.2, 0.25) is 0 Å². The van der Waals surface area contributed by atoms with Crippen LogP contribution in [-0.4, -0.2) is 44.8 Å². The van der Waals surface area contributed by atoms with E-state index in [1.807, 2.05) is 4.90 Å². The van der Waals surface area contributed by atoms with Gasteiger partial charge in [0.25, 0.3) is 0 Å². The molecular formula is C23H25F3N4O2. The lowest BCUT2D eigenvalue weighted by molar-refractivity contribution is -0.179. The van der Waals surface area contributed by atoms with Crippen LogP contribution in [0.15, 0.2) is 42.6 Å². The molecular weight excluding hydrogens is 421 g/mol. The maximum absolute atomic E-state index is 13.0. The molecule has 1 N–H and O–H groups in total. The first-order chi connectivity index (χ1) is 15.0. The highest BCUT2D eigenvalue weighted by Gasteiger charge is 2.41. The number of aromatic nitrogens is 3. The van der Waals surface area contributed by atoms with Crippen LogP contribution < -0.4 is 4.90 Å². The average molecular weight is 446 g/mol. The van der Waals surface area contributed by atoms with E-state index in [2.05, 4.69) is 10.1 Å². The van der Waals surface area contributed by atoms with Gasteiger partial charge in [0.05, 0.1) is 29.8 Å². The molecule has 0 radical (unpaired) electrons. The number of hydrogen-bond acceptors (Lipinski definition) is 5. The second kappa shape index (κ2) is 8.20. The van der Waals surface area contributed by atoms with Gasteiger partial charge >= 0.3 is 6.18 Å².